The molecule has 1 aromatic carbocycles. The van der Waals surface area contributed by atoms with E-state index in [1.54, 1.807) is 0 Å². The van der Waals surface area contributed by atoms with E-state index >= 15 is 0 Å². The van der Waals surface area contributed by atoms with Crippen molar-refractivity contribution in [1.82, 2.24) is 10.2 Å². The van der Waals surface area contributed by atoms with Crippen molar-refractivity contribution in [2.45, 2.75) is 43.9 Å². The normalized spacial score (nSPS) is 21.5. The van der Waals surface area contributed by atoms with E-state index in [1.165, 1.54) is 7.05 Å². The third-order valence-corrected chi connectivity index (χ3v) is 4.97. The van der Waals surface area contributed by atoms with Crippen LogP contribution in [0.15, 0.2) is 29.0 Å². The van der Waals surface area contributed by atoms with Crippen molar-refractivity contribution in [3.05, 3.63) is 47.0 Å². The molecule has 0 aliphatic carbocycles. The van der Waals surface area contributed by atoms with Crippen molar-refractivity contribution < 1.29 is 42.8 Å². The fourth-order valence-corrected chi connectivity index (χ4v) is 3.34. The van der Waals surface area contributed by atoms with Gasteiger partial charge in [-0.1, -0.05) is 6.07 Å². The number of halogens is 3. The Balaban J connectivity index is 2.42. The molecule has 0 saturated carbocycles. The highest BCUT2D eigenvalue weighted by molar-refractivity contribution is 5.92. The predicted octanol–water partition coefficient (Wildman–Crippen LogP) is -1.79. The molecule has 0 saturated heterocycles. The number of aliphatic hydroxyl groups excluding tert-OH is 3. The van der Waals surface area contributed by atoms with Crippen LogP contribution in [0.2, 0.25) is 0 Å². The first kappa shape index (κ1) is 26.9. The maximum atomic E-state index is 14.0. The van der Waals surface area contributed by atoms with Crippen molar-refractivity contribution in [3.63, 3.8) is 0 Å². The summed E-state index contributed by atoms with van der Waals surface area (Å²) in [4.78, 5) is 29.5. The van der Waals surface area contributed by atoms with Crippen LogP contribution < -0.4 is 16.8 Å². The molecule has 1 heterocycles. The van der Waals surface area contributed by atoms with E-state index in [0.717, 1.165) is 24.0 Å². The van der Waals surface area contributed by atoms with E-state index in [1.807, 2.05) is 0 Å². The Kier molecular flexibility index (Phi) is 8.84. The number of benzene rings is 1. The molecule has 2 rings (SSSR count). The fraction of sp³-hybridized carbons (Fsp3) is 0.450. The molecule has 188 valence electrons. The average molecular weight is 489 g/mol. The third-order valence-electron chi connectivity index (χ3n) is 4.97. The zero-order valence-corrected chi connectivity index (χ0v) is 18.3. The number of carbonyl (C=O) groups excluding carboxylic acids is 2. The summed E-state index contributed by atoms with van der Waals surface area (Å²) in [5.41, 5.74) is 10.6. The van der Waals surface area contributed by atoms with Gasteiger partial charge in [0, 0.05) is 26.1 Å². The van der Waals surface area contributed by atoms with Crippen LogP contribution in [0, 0.1) is 17.5 Å². The molecule has 0 spiro atoms. The molecule has 1 aliphatic heterocycles. The van der Waals surface area contributed by atoms with Gasteiger partial charge in [0.15, 0.2) is 29.2 Å². The minimum atomic E-state index is -1.80. The molecule has 0 bridgehead atoms. The number of likely N-dealkylation sites (N-methyl/N-ethyl adjacent to an activating group) is 1. The number of amides is 2. The molecule has 0 unspecified atom stereocenters. The first-order valence-corrected chi connectivity index (χ1v) is 9.96. The molecule has 14 heteroatoms. The molecule has 5 atom stereocenters. The van der Waals surface area contributed by atoms with Crippen LogP contribution in [0.1, 0.15) is 12.5 Å². The van der Waals surface area contributed by atoms with E-state index in [4.69, 9.17) is 16.2 Å². The van der Waals surface area contributed by atoms with Crippen molar-refractivity contribution in [3.8, 4) is 0 Å². The van der Waals surface area contributed by atoms with Crippen LogP contribution in [-0.4, -0.2) is 82.0 Å². The number of carbonyl (C=O) groups is 2. The number of aliphatic hydroxyl groups is 3. The van der Waals surface area contributed by atoms with Crippen molar-refractivity contribution in [2.24, 2.45) is 16.5 Å². The summed E-state index contributed by atoms with van der Waals surface area (Å²) in [6.07, 6.45) is -3.89. The van der Waals surface area contributed by atoms with Gasteiger partial charge in [-0.3, -0.25) is 9.59 Å². The van der Waals surface area contributed by atoms with Gasteiger partial charge in [-0.25, -0.2) is 18.2 Å². The highest BCUT2D eigenvalue weighted by Gasteiger charge is 2.44. The predicted molar refractivity (Wildman–Crippen MR) is 112 cm³/mol. The summed E-state index contributed by atoms with van der Waals surface area (Å²) in [6.45, 7) is -0.201. The maximum absolute atomic E-state index is 14.0. The molecule has 34 heavy (non-hydrogen) atoms. The highest BCUT2D eigenvalue weighted by atomic mass is 19.2. The zero-order chi connectivity index (χ0) is 25.7. The smallest absolute Gasteiger partial charge is 0.288 e. The number of ether oxygens (including phenoxy) is 1. The Morgan fingerprint density at radius 3 is 2.44 bits per heavy atom. The zero-order valence-electron chi connectivity index (χ0n) is 18.3. The molecule has 11 nitrogen and oxygen atoms in total. The summed E-state index contributed by atoms with van der Waals surface area (Å²) in [6, 6.07) is -0.646. The standard InChI is InChI=1S/C20H26F3N5O6/c1-8(30)26-16-11(27-20(24)25)5-13(34-18(16)17(32)12(31)7-29)19(33)28(2)6-9-3-4-10(21)15(23)14(9)22/h3-5,11-12,16-18,29,31-32H,6-7H2,1-2H3,(H,26,30)(H4,24,25,27)/t11-,12+,16+,17+,18+/m0/s1. The first-order chi connectivity index (χ1) is 15.9. The van der Waals surface area contributed by atoms with Crippen molar-refractivity contribution >= 4 is 17.8 Å². The minimum absolute atomic E-state index is 0.324. The molecule has 1 aromatic rings. The lowest BCUT2D eigenvalue weighted by Gasteiger charge is -2.39. The van der Waals surface area contributed by atoms with Gasteiger partial charge in [-0.15, -0.1) is 0 Å². The number of hydrogen-bond acceptors (Lipinski definition) is 7. The largest absolute Gasteiger partial charge is 0.480 e. The van der Waals surface area contributed by atoms with Gasteiger partial charge >= 0.3 is 0 Å². The molecular formula is C20H26F3N5O6. The number of guanidine groups is 1. The lowest BCUT2D eigenvalue weighted by Crippen LogP contribution is -2.60. The molecule has 0 aromatic heterocycles. The third kappa shape index (κ3) is 6.15. The molecule has 1 aliphatic rings. The van der Waals surface area contributed by atoms with Gasteiger partial charge in [0.25, 0.3) is 5.91 Å². The van der Waals surface area contributed by atoms with Crippen LogP contribution in [0.4, 0.5) is 13.2 Å². The molecule has 2 amide bonds. The van der Waals surface area contributed by atoms with Gasteiger partial charge in [-0.05, 0) is 12.1 Å². The lowest BCUT2D eigenvalue weighted by molar-refractivity contribution is -0.140. The second-order valence-electron chi connectivity index (χ2n) is 7.62. The Morgan fingerprint density at radius 2 is 1.88 bits per heavy atom. The molecule has 0 fully saturated rings. The Bertz CT molecular complexity index is 988. The van der Waals surface area contributed by atoms with E-state index in [0.29, 0.717) is 6.07 Å². The maximum Gasteiger partial charge on any atom is 0.288 e. The van der Waals surface area contributed by atoms with Crippen LogP contribution in [0.3, 0.4) is 0 Å². The first-order valence-electron chi connectivity index (χ1n) is 9.96. The quantitative estimate of drug-likeness (QED) is 0.140. The number of nitrogens with two attached hydrogens (primary N) is 2. The van der Waals surface area contributed by atoms with Crippen LogP contribution in [0.25, 0.3) is 0 Å². The number of rotatable bonds is 8. The monoisotopic (exact) mass is 489 g/mol. The lowest BCUT2D eigenvalue weighted by atomic mass is 9.92. The Morgan fingerprint density at radius 1 is 1.24 bits per heavy atom. The van der Waals surface area contributed by atoms with Gasteiger partial charge in [0.05, 0.1) is 18.7 Å². The summed E-state index contributed by atoms with van der Waals surface area (Å²) in [7, 11) is 1.22. The SMILES string of the molecule is CC(=O)N[C@H]1[C@H]([C@H](O)[C@H](O)CO)OC(C(=O)N(C)Cc2ccc(F)c(F)c2F)=C[C@@H]1N=C(N)N. The second kappa shape index (κ2) is 11.2. The van der Waals surface area contributed by atoms with E-state index in [-0.39, 0.29) is 5.56 Å². The van der Waals surface area contributed by atoms with Gasteiger partial charge < -0.3 is 41.7 Å². The fourth-order valence-electron chi connectivity index (χ4n) is 3.34. The van der Waals surface area contributed by atoms with Crippen molar-refractivity contribution in [2.75, 3.05) is 13.7 Å². The van der Waals surface area contributed by atoms with Crippen molar-refractivity contribution in [1.29, 1.82) is 0 Å². The summed E-state index contributed by atoms with van der Waals surface area (Å²) < 4.78 is 46.3. The number of nitrogens with zero attached hydrogens (tertiary/aromatic N) is 2. The minimum Gasteiger partial charge on any atom is -0.480 e. The number of hydrogen-bond donors (Lipinski definition) is 6. The van der Waals surface area contributed by atoms with E-state index in [9.17, 15) is 38.1 Å². The van der Waals surface area contributed by atoms with Crippen LogP contribution in [-0.2, 0) is 20.9 Å². The van der Waals surface area contributed by atoms with E-state index < -0.39 is 84.5 Å². The van der Waals surface area contributed by atoms with Gasteiger partial charge in [-0.2, -0.15) is 0 Å². The Labute approximate surface area is 192 Å². The summed E-state index contributed by atoms with van der Waals surface area (Å²) >= 11 is 0. The number of nitrogens with one attached hydrogen (secondary N) is 1. The van der Waals surface area contributed by atoms with Gasteiger partial charge in [0.2, 0.25) is 5.91 Å². The molecule has 0 radical (unpaired) electrons. The number of aliphatic imine (C=N–C) groups is 1. The summed E-state index contributed by atoms with van der Waals surface area (Å²) in [5.74, 6) is -6.90. The highest BCUT2D eigenvalue weighted by Crippen LogP contribution is 2.26. The summed E-state index contributed by atoms with van der Waals surface area (Å²) in [5, 5.41) is 32.0. The van der Waals surface area contributed by atoms with E-state index in [2.05, 4.69) is 10.3 Å². The Hall–Kier alpha value is -3.36. The topological polar surface area (TPSA) is 184 Å². The second-order valence-corrected chi connectivity index (χ2v) is 7.62. The van der Waals surface area contributed by atoms with Gasteiger partial charge in [0.1, 0.15) is 18.3 Å². The molecule has 8 N–H and O–H groups in total. The average Bonchev–Trinajstić information content (AvgIpc) is 2.78. The van der Waals surface area contributed by atoms with Crippen LogP contribution >= 0.6 is 0 Å². The van der Waals surface area contributed by atoms with Crippen LogP contribution in [0.5, 0.6) is 0 Å². The molecular weight excluding hydrogens is 463 g/mol.